The lowest BCUT2D eigenvalue weighted by molar-refractivity contribution is -0.119. The van der Waals surface area contributed by atoms with Gasteiger partial charge in [0.05, 0.1) is 12.2 Å². The topological polar surface area (TPSA) is 108 Å². The maximum absolute atomic E-state index is 13.3. The van der Waals surface area contributed by atoms with E-state index in [1.165, 1.54) is 19.1 Å². The largest absolute Gasteiger partial charge is 0.354 e. The van der Waals surface area contributed by atoms with Gasteiger partial charge < -0.3 is 20.9 Å². The molecule has 0 spiro atoms. The molecule has 0 bridgehead atoms. The molecule has 9 nitrogen and oxygen atoms in total. The predicted octanol–water partition coefficient (Wildman–Crippen LogP) is 3.04. The number of carbonyl (C=O) groups is 1. The fourth-order valence-corrected chi connectivity index (χ4v) is 3.62. The highest BCUT2D eigenvalue weighted by Gasteiger charge is 2.25. The van der Waals surface area contributed by atoms with Gasteiger partial charge >= 0.3 is 0 Å². The van der Waals surface area contributed by atoms with E-state index in [0.717, 1.165) is 24.3 Å². The lowest BCUT2D eigenvalue weighted by atomic mass is 10.1. The maximum Gasteiger partial charge on any atom is 0.227 e. The highest BCUT2D eigenvalue weighted by Crippen LogP contribution is 2.26. The molecular formula is C22H25FN8O. The van der Waals surface area contributed by atoms with Crippen molar-refractivity contribution >= 4 is 29.3 Å². The van der Waals surface area contributed by atoms with Crippen molar-refractivity contribution in [3.8, 4) is 0 Å². The van der Waals surface area contributed by atoms with Crippen molar-refractivity contribution in [3.63, 3.8) is 0 Å². The van der Waals surface area contributed by atoms with E-state index in [1.807, 2.05) is 13.0 Å². The molecule has 1 aliphatic rings. The molecule has 1 amide bonds. The van der Waals surface area contributed by atoms with Crippen molar-refractivity contribution < 1.29 is 9.18 Å². The Morgan fingerprint density at radius 2 is 2.00 bits per heavy atom. The molecule has 2 atom stereocenters. The Balaban J connectivity index is 1.58. The predicted molar refractivity (Wildman–Crippen MR) is 120 cm³/mol. The van der Waals surface area contributed by atoms with E-state index in [-0.39, 0.29) is 23.8 Å². The number of anilines is 4. The smallest absolute Gasteiger partial charge is 0.227 e. The van der Waals surface area contributed by atoms with E-state index in [9.17, 15) is 9.18 Å². The second-order valence-corrected chi connectivity index (χ2v) is 7.70. The van der Waals surface area contributed by atoms with E-state index in [4.69, 9.17) is 4.98 Å². The van der Waals surface area contributed by atoms with Crippen LogP contribution < -0.4 is 20.9 Å². The molecule has 1 saturated heterocycles. The van der Waals surface area contributed by atoms with Crippen LogP contribution in [0.25, 0.3) is 0 Å². The van der Waals surface area contributed by atoms with Crippen molar-refractivity contribution in [2.45, 2.75) is 32.4 Å². The van der Waals surface area contributed by atoms with Crippen LogP contribution in [0.3, 0.4) is 0 Å². The standard InChI is InChI=1S/C22H25FN8O/c1-14(16-3-5-17(23)6-4-16)26-22-29-19(28-20-12-24-8-9-25-20)11-21(30-22)31-10-7-18(13-31)27-15(2)32/h3-6,8-9,11-12,14,18H,7,10,13H2,1-2H3,(H,27,32)(H2,25,26,28,29,30). The minimum Gasteiger partial charge on any atom is -0.354 e. The molecule has 4 rings (SSSR count). The van der Waals surface area contributed by atoms with E-state index in [0.29, 0.717) is 24.1 Å². The summed E-state index contributed by atoms with van der Waals surface area (Å²) in [6, 6.07) is 8.10. The van der Waals surface area contributed by atoms with Crippen LogP contribution in [0.5, 0.6) is 0 Å². The highest BCUT2D eigenvalue weighted by atomic mass is 19.1. The summed E-state index contributed by atoms with van der Waals surface area (Å²) in [6.07, 6.45) is 5.64. The summed E-state index contributed by atoms with van der Waals surface area (Å²) < 4.78 is 13.3. The van der Waals surface area contributed by atoms with Gasteiger partial charge in [-0.15, -0.1) is 0 Å². The van der Waals surface area contributed by atoms with Crippen molar-refractivity contribution in [1.29, 1.82) is 0 Å². The zero-order valence-electron chi connectivity index (χ0n) is 17.9. The number of aromatic nitrogens is 4. The molecule has 0 aliphatic carbocycles. The second kappa shape index (κ2) is 9.54. The summed E-state index contributed by atoms with van der Waals surface area (Å²) in [5.74, 6) is 1.96. The summed E-state index contributed by atoms with van der Waals surface area (Å²) in [4.78, 5) is 31.1. The van der Waals surface area contributed by atoms with Crippen LogP contribution in [0.4, 0.5) is 27.8 Å². The van der Waals surface area contributed by atoms with Gasteiger partial charge in [-0.2, -0.15) is 9.97 Å². The van der Waals surface area contributed by atoms with E-state index in [1.54, 1.807) is 30.7 Å². The number of halogens is 1. The quantitative estimate of drug-likeness (QED) is 0.519. The van der Waals surface area contributed by atoms with Crippen molar-refractivity contribution in [2.75, 3.05) is 28.6 Å². The first kappa shape index (κ1) is 21.4. The molecule has 0 radical (unpaired) electrons. The molecule has 10 heteroatoms. The van der Waals surface area contributed by atoms with E-state index < -0.39 is 0 Å². The van der Waals surface area contributed by atoms with Crippen LogP contribution in [-0.4, -0.2) is 45.0 Å². The molecule has 3 N–H and O–H groups in total. The van der Waals surface area contributed by atoms with Crippen LogP contribution in [0.15, 0.2) is 48.9 Å². The van der Waals surface area contributed by atoms with Crippen LogP contribution in [0.1, 0.15) is 31.9 Å². The van der Waals surface area contributed by atoms with Crippen LogP contribution in [0.2, 0.25) is 0 Å². The average molecular weight is 436 g/mol. The SMILES string of the molecule is CC(=O)NC1CCN(c2cc(Nc3cnccn3)nc(NC(C)c3ccc(F)cc3)n2)C1. The number of benzene rings is 1. The third kappa shape index (κ3) is 5.45. The van der Waals surface area contributed by atoms with Gasteiger partial charge in [0.15, 0.2) is 0 Å². The first-order valence-electron chi connectivity index (χ1n) is 10.4. The van der Waals surface area contributed by atoms with Gasteiger partial charge in [-0.3, -0.25) is 9.78 Å². The Morgan fingerprint density at radius 3 is 2.72 bits per heavy atom. The minimum absolute atomic E-state index is 0.0416. The molecule has 32 heavy (non-hydrogen) atoms. The first-order chi connectivity index (χ1) is 15.5. The third-order valence-corrected chi connectivity index (χ3v) is 5.17. The normalized spacial score (nSPS) is 16.5. The van der Waals surface area contributed by atoms with Crippen LogP contribution in [-0.2, 0) is 4.79 Å². The second-order valence-electron chi connectivity index (χ2n) is 7.70. The van der Waals surface area contributed by atoms with Gasteiger partial charge in [0, 0.05) is 44.5 Å². The molecule has 1 aliphatic heterocycles. The van der Waals surface area contributed by atoms with Crippen molar-refractivity contribution in [3.05, 3.63) is 60.3 Å². The average Bonchev–Trinajstić information content (AvgIpc) is 3.22. The van der Waals surface area contributed by atoms with Gasteiger partial charge in [-0.25, -0.2) is 9.37 Å². The molecule has 166 valence electrons. The van der Waals surface area contributed by atoms with Crippen molar-refractivity contribution in [1.82, 2.24) is 25.3 Å². The summed E-state index contributed by atoms with van der Waals surface area (Å²) >= 11 is 0. The molecule has 2 unspecified atom stereocenters. The number of nitrogens with one attached hydrogen (secondary N) is 3. The number of hydrogen-bond acceptors (Lipinski definition) is 8. The Morgan fingerprint density at radius 1 is 1.19 bits per heavy atom. The maximum atomic E-state index is 13.3. The monoisotopic (exact) mass is 436 g/mol. The molecule has 0 saturated carbocycles. The van der Waals surface area contributed by atoms with Gasteiger partial charge in [0.25, 0.3) is 0 Å². The summed E-state index contributed by atoms with van der Waals surface area (Å²) in [6.45, 7) is 4.91. The van der Waals surface area contributed by atoms with Gasteiger partial charge in [-0.1, -0.05) is 12.1 Å². The minimum atomic E-state index is -0.280. The summed E-state index contributed by atoms with van der Waals surface area (Å²) in [5.41, 5.74) is 0.913. The van der Waals surface area contributed by atoms with Gasteiger partial charge in [0.2, 0.25) is 11.9 Å². The third-order valence-electron chi connectivity index (χ3n) is 5.17. The first-order valence-corrected chi connectivity index (χ1v) is 10.4. The fourth-order valence-electron chi connectivity index (χ4n) is 3.62. The Hall–Kier alpha value is -3.82. The molecule has 3 aromatic rings. The summed E-state index contributed by atoms with van der Waals surface area (Å²) in [7, 11) is 0. The molecule has 1 aromatic carbocycles. The Bertz CT molecular complexity index is 1060. The lowest BCUT2D eigenvalue weighted by Crippen LogP contribution is -2.35. The molecular weight excluding hydrogens is 411 g/mol. The van der Waals surface area contributed by atoms with Gasteiger partial charge in [0.1, 0.15) is 23.3 Å². The zero-order valence-corrected chi connectivity index (χ0v) is 17.9. The number of nitrogens with zero attached hydrogens (tertiary/aromatic N) is 5. The van der Waals surface area contributed by atoms with Crippen LogP contribution in [0, 0.1) is 5.82 Å². The number of carbonyl (C=O) groups excluding carboxylic acids is 1. The van der Waals surface area contributed by atoms with E-state index in [2.05, 4.69) is 35.8 Å². The van der Waals surface area contributed by atoms with E-state index >= 15 is 0 Å². The van der Waals surface area contributed by atoms with Crippen LogP contribution >= 0.6 is 0 Å². The Kier molecular flexibility index (Phi) is 6.39. The number of amides is 1. The molecule has 2 aromatic heterocycles. The van der Waals surface area contributed by atoms with Crippen molar-refractivity contribution in [2.24, 2.45) is 0 Å². The number of hydrogen-bond donors (Lipinski definition) is 3. The van der Waals surface area contributed by atoms with Gasteiger partial charge in [-0.05, 0) is 31.0 Å². The lowest BCUT2D eigenvalue weighted by Gasteiger charge is -2.21. The Labute approximate surface area is 185 Å². The molecule has 3 heterocycles. The summed E-state index contributed by atoms with van der Waals surface area (Å²) in [5, 5.41) is 9.42. The fraction of sp³-hybridized carbons (Fsp3) is 0.318. The highest BCUT2D eigenvalue weighted by molar-refractivity contribution is 5.73. The number of rotatable bonds is 7. The molecule has 1 fully saturated rings. The zero-order chi connectivity index (χ0) is 22.5.